The van der Waals surface area contributed by atoms with Crippen LogP contribution in [0.4, 0.5) is 4.39 Å². The minimum Gasteiger partial charge on any atom is -0.339 e. The molecule has 2 saturated heterocycles. The summed E-state index contributed by atoms with van der Waals surface area (Å²) in [5.41, 5.74) is 5.68. The number of carbonyl (C=O) groups is 2. The van der Waals surface area contributed by atoms with Gasteiger partial charge >= 0.3 is 0 Å². The highest BCUT2D eigenvalue weighted by Gasteiger charge is 2.24. The Hall–Kier alpha value is -4.29. The highest BCUT2D eigenvalue weighted by atomic mass is 19.1. The molecule has 2 aliphatic rings. The largest absolute Gasteiger partial charge is 0.339 e. The molecule has 0 aliphatic carbocycles. The Balaban J connectivity index is 1.07. The Morgan fingerprint density at radius 1 is 0.700 bits per heavy atom. The van der Waals surface area contributed by atoms with Crippen molar-refractivity contribution in [1.82, 2.24) is 15.1 Å². The molecule has 50 heavy (non-hydrogen) atoms. The van der Waals surface area contributed by atoms with Gasteiger partial charge in [-0.05, 0) is 122 Å². The molecule has 2 fully saturated rings. The predicted molar refractivity (Wildman–Crippen MR) is 200 cm³/mol. The van der Waals surface area contributed by atoms with Crippen LogP contribution < -0.4 is 5.32 Å². The Labute approximate surface area is 297 Å². The smallest absolute Gasteiger partial charge is 0.253 e. The third-order valence-corrected chi connectivity index (χ3v) is 10.7. The van der Waals surface area contributed by atoms with Gasteiger partial charge in [-0.1, -0.05) is 92.1 Å². The normalized spacial score (nSPS) is 15.6. The van der Waals surface area contributed by atoms with Crippen LogP contribution >= 0.6 is 0 Å². The number of hydrogen-bond acceptors (Lipinski definition) is 3. The quantitative estimate of drug-likeness (QED) is 0.146. The van der Waals surface area contributed by atoms with Crippen LogP contribution in [0.2, 0.25) is 0 Å². The number of nitrogens with zero attached hydrogens (tertiary/aromatic N) is 2. The van der Waals surface area contributed by atoms with Crippen LogP contribution in [-0.2, 0) is 24.2 Å². The zero-order valence-corrected chi connectivity index (χ0v) is 29.4. The standard InChI is InChI=1S/C44H52FN3O2/c45-42-19-6-13-37(30-42)31-43(49)48(26-8-15-34-9-2-1-3-10-34)33-38-14-5-16-39(29-38)40-17-7-18-41(32-40)44(50)47-27-22-36(23-28-47)12-4-11-35-20-24-46-25-21-35/h1-3,5-7,9-10,13-14,16-19,29-30,32,35-36,46H,4,8,11-12,15,20-28,31,33H2. The summed E-state index contributed by atoms with van der Waals surface area (Å²) >= 11 is 0. The van der Waals surface area contributed by atoms with Crippen molar-refractivity contribution in [2.45, 2.75) is 70.8 Å². The highest BCUT2D eigenvalue weighted by Crippen LogP contribution is 2.28. The molecule has 0 unspecified atom stereocenters. The second-order valence-corrected chi connectivity index (χ2v) is 14.4. The number of benzene rings is 4. The SMILES string of the molecule is O=C(Cc1cccc(F)c1)N(CCCc1ccccc1)Cc1cccc(-c2cccc(C(=O)N3CCC(CCCC4CCNCC4)CC3)c2)c1. The minimum absolute atomic E-state index is 0.0211. The maximum Gasteiger partial charge on any atom is 0.253 e. The summed E-state index contributed by atoms with van der Waals surface area (Å²) < 4.78 is 13.9. The van der Waals surface area contributed by atoms with E-state index in [1.807, 2.05) is 52.3 Å². The Kier molecular flexibility index (Phi) is 12.9. The molecule has 1 N–H and O–H groups in total. The van der Waals surface area contributed by atoms with Gasteiger partial charge in [-0.3, -0.25) is 9.59 Å². The van der Waals surface area contributed by atoms with E-state index in [0.717, 1.165) is 72.9 Å². The molecule has 2 heterocycles. The highest BCUT2D eigenvalue weighted by molar-refractivity contribution is 5.95. The van der Waals surface area contributed by atoms with Crippen molar-refractivity contribution in [2.24, 2.45) is 11.8 Å². The van der Waals surface area contributed by atoms with Crippen molar-refractivity contribution >= 4 is 11.8 Å². The summed E-state index contributed by atoms with van der Waals surface area (Å²) in [5, 5.41) is 3.47. The number of likely N-dealkylation sites (tertiary alicyclic amines) is 1. The molecule has 0 saturated carbocycles. The Bertz CT molecular complexity index is 1680. The van der Waals surface area contributed by atoms with Crippen molar-refractivity contribution in [3.63, 3.8) is 0 Å². The lowest BCUT2D eigenvalue weighted by Crippen LogP contribution is -2.38. The summed E-state index contributed by atoms with van der Waals surface area (Å²) in [6, 6.07) is 32.8. The van der Waals surface area contributed by atoms with E-state index in [-0.39, 0.29) is 24.1 Å². The van der Waals surface area contributed by atoms with E-state index in [1.165, 1.54) is 62.9 Å². The van der Waals surface area contributed by atoms with Gasteiger partial charge in [0.05, 0.1) is 6.42 Å². The zero-order chi connectivity index (χ0) is 34.5. The molecule has 6 rings (SSSR count). The van der Waals surface area contributed by atoms with Gasteiger partial charge in [0.1, 0.15) is 5.82 Å². The lowest BCUT2D eigenvalue weighted by molar-refractivity contribution is -0.131. The third kappa shape index (κ3) is 10.4. The number of carbonyl (C=O) groups excluding carboxylic acids is 2. The van der Waals surface area contributed by atoms with Gasteiger partial charge in [-0.25, -0.2) is 4.39 Å². The third-order valence-electron chi connectivity index (χ3n) is 10.7. The molecular formula is C44H52FN3O2. The molecule has 262 valence electrons. The molecule has 2 aliphatic heterocycles. The fourth-order valence-electron chi connectivity index (χ4n) is 7.72. The molecule has 6 heteroatoms. The topological polar surface area (TPSA) is 52.7 Å². The van der Waals surface area contributed by atoms with E-state index in [4.69, 9.17) is 0 Å². The van der Waals surface area contributed by atoms with Crippen molar-refractivity contribution in [1.29, 1.82) is 0 Å². The maximum atomic E-state index is 13.9. The molecule has 0 atom stereocenters. The summed E-state index contributed by atoms with van der Waals surface area (Å²) in [6.45, 7) is 5.08. The first-order valence-corrected chi connectivity index (χ1v) is 18.8. The molecule has 4 aromatic rings. The van der Waals surface area contributed by atoms with Crippen LogP contribution in [-0.4, -0.2) is 54.3 Å². The van der Waals surface area contributed by atoms with Crippen LogP contribution in [0.25, 0.3) is 11.1 Å². The van der Waals surface area contributed by atoms with Crippen molar-refractivity contribution in [3.05, 3.63) is 131 Å². The first-order valence-electron chi connectivity index (χ1n) is 18.8. The van der Waals surface area contributed by atoms with Gasteiger partial charge in [0.15, 0.2) is 0 Å². The Morgan fingerprint density at radius 2 is 1.36 bits per heavy atom. The molecular weight excluding hydrogens is 622 g/mol. The molecule has 0 bridgehead atoms. The van der Waals surface area contributed by atoms with Gasteiger partial charge in [0.2, 0.25) is 5.91 Å². The van der Waals surface area contributed by atoms with E-state index in [2.05, 4.69) is 41.7 Å². The van der Waals surface area contributed by atoms with Crippen LogP contribution in [0.15, 0.2) is 103 Å². The zero-order valence-electron chi connectivity index (χ0n) is 29.4. The van der Waals surface area contributed by atoms with Gasteiger partial charge in [0, 0.05) is 31.7 Å². The monoisotopic (exact) mass is 673 g/mol. The minimum atomic E-state index is -0.331. The summed E-state index contributed by atoms with van der Waals surface area (Å²) in [6.07, 6.45) is 10.7. The van der Waals surface area contributed by atoms with E-state index < -0.39 is 0 Å². The van der Waals surface area contributed by atoms with E-state index in [0.29, 0.717) is 18.7 Å². The average Bonchev–Trinajstić information content (AvgIpc) is 3.15. The number of piperidine rings is 2. The predicted octanol–water partition coefficient (Wildman–Crippen LogP) is 8.72. The van der Waals surface area contributed by atoms with Crippen molar-refractivity contribution in [2.75, 3.05) is 32.7 Å². The summed E-state index contributed by atoms with van der Waals surface area (Å²) in [7, 11) is 0. The van der Waals surface area contributed by atoms with Crippen LogP contribution in [0.1, 0.15) is 78.4 Å². The maximum absolute atomic E-state index is 13.9. The van der Waals surface area contributed by atoms with E-state index in [9.17, 15) is 14.0 Å². The van der Waals surface area contributed by atoms with Crippen LogP contribution in [0.5, 0.6) is 0 Å². The number of hydrogen-bond donors (Lipinski definition) is 1. The fraction of sp³-hybridized carbons (Fsp3) is 0.409. The van der Waals surface area contributed by atoms with E-state index >= 15 is 0 Å². The molecule has 0 aromatic heterocycles. The number of halogens is 1. The number of rotatable bonds is 14. The second kappa shape index (κ2) is 18.1. The first-order chi connectivity index (χ1) is 24.5. The van der Waals surface area contributed by atoms with Gasteiger partial charge < -0.3 is 15.1 Å². The number of aryl methyl sites for hydroxylation is 1. The lowest BCUT2D eigenvalue weighted by atomic mass is 9.87. The molecule has 4 aromatic carbocycles. The second-order valence-electron chi connectivity index (χ2n) is 14.4. The van der Waals surface area contributed by atoms with Gasteiger partial charge in [-0.15, -0.1) is 0 Å². The average molecular weight is 674 g/mol. The van der Waals surface area contributed by atoms with Crippen molar-refractivity contribution in [3.8, 4) is 11.1 Å². The van der Waals surface area contributed by atoms with Crippen LogP contribution in [0.3, 0.4) is 0 Å². The molecule has 0 radical (unpaired) electrons. The van der Waals surface area contributed by atoms with E-state index in [1.54, 1.807) is 12.1 Å². The van der Waals surface area contributed by atoms with Gasteiger partial charge in [-0.2, -0.15) is 0 Å². The summed E-state index contributed by atoms with van der Waals surface area (Å²) in [4.78, 5) is 31.1. The lowest BCUT2D eigenvalue weighted by Gasteiger charge is -2.32. The molecule has 5 nitrogen and oxygen atoms in total. The number of nitrogens with one attached hydrogen (secondary N) is 1. The fourth-order valence-corrected chi connectivity index (χ4v) is 7.72. The molecule has 2 amide bonds. The molecule has 0 spiro atoms. The first kappa shape index (κ1) is 35.5. The Morgan fingerprint density at radius 3 is 2.12 bits per heavy atom. The summed E-state index contributed by atoms with van der Waals surface area (Å²) in [5.74, 6) is 1.38. The number of amides is 2. The van der Waals surface area contributed by atoms with Crippen molar-refractivity contribution < 1.29 is 14.0 Å². The van der Waals surface area contributed by atoms with Gasteiger partial charge in [0.25, 0.3) is 5.91 Å². The van der Waals surface area contributed by atoms with Crippen LogP contribution in [0, 0.1) is 17.7 Å².